The average Bonchev–Trinajstić information content (AvgIpc) is 3.24. The van der Waals surface area contributed by atoms with Gasteiger partial charge < -0.3 is 20.2 Å². The summed E-state index contributed by atoms with van der Waals surface area (Å²) in [5.74, 6) is 1.45. The monoisotopic (exact) mass is 522 g/mol. The summed E-state index contributed by atoms with van der Waals surface area (Å²) in [6.07, 6.45) is 6.28. The number of anilines is 4. The Morgan fingerprint density at radius 1 is 0.946 bits per heavy atom. The number of aliphatic hydroxyl groups is 1. The lowest BCUT2D eigenvalue weighted by atomic mass is 10.3. The molecule has 37 heavy (non-hydrogen) atoms. The number of aliphatic hydroxyl groups excluding tert-OH is 1. The van der Waals surface area contributed by atoms with Gasteiger partial charge in [0.25, 0.3) is 0 Å². The van der Waals surface area contributed by atoms with E-state index in [1.807, 2.05) is 6.92 Å². The van der Waals surface area contributed by atoms with Crippen LogP contribution in [0, 0.1) is 12.7 Å². The van der Waals surface area contributed by atoms with Crippen LogP contribution in [0.5, 0.6) is 0 Å². The molecule has 5 rings (SSSR count). The number of nitrogens with one attached hydrogen (secondary N) is 1. The van der Waals surface area contributed by atoms with Gasteiger partial charge in [0, 0.05) is 48.4 Å². The van der Waals surface area contributed by atoms with Crippen molar-refractivity contribution in [3.8, 4) is 0 Å². The highest BCUT2D eigenvalue weighted by atomic mass is 32.2. The smallest absolute Gasteiger partial charge is 0.232 e. The molecular weight excluding hydrogens is 495 g/mol. The van der Waals surface area contributed by atoms with Gasteiger partial charge in [-0.15, -0.1) is 0 Å². The van der Waals surface area contributed by atoms with Gasteiger partial charge in [-0.1, -0.05) is 11.8 Å². The number of aromatic nitrogens is 7. The van der Waals surface area contributed by atoms with Crippen molar-refractivity contribution < 1.29 is 9.50 Å². The summed E-state index contributed by atoms with van der Waals surface area (Å²) in [5, 5.41) is 17.1. The fraction of sp³-hybridized carbons (Fsp3) is 0.333. The number of nitrogens with zero attached hydrogens (tertiary/aromatic N) is 9. The standard InChI is InChI=1S/C24H27FN10OS/c1-16(36)14-35-17(2)21(13-30-35)31-22-28-15-29-24(32-22)34-9-7-33(8-10-34)23-26-11-20(12-27-23)37-19-5-3-18(25)4-6-19/h3-6,11-13,15-16,36H,7-10,14H2,1-2H3,(H,28,29,31,32)/t16-/m0/s1. The van der Waals surface area contributed by atoms with Crippen LogP contribution in [0.3, 0.4) is 0 Å². The molecule has 1 aliphatic heterocycles. The van der Waals surface area contributed by atoms with Gasteiger partial charge >= 0.3 is 0 Å². The molecule has 0 unspecified atom stereocenters. The number of hydrogen-bond acceptors (Lipinski definition) is 11. The highest BCUT2D eigenvalue weighted by Crippen LogP contribution is 2.27. The van der Waals surface area contributed by atoms with Crippen molar-refractivity contribution in [2.75, 3.05) is 41.3 Å². The molecule has 4 aromatic rings. The van der Waals surface area contributed by atoms with Crippen molar-refractivity contribution in [2.45, 2.75) is 36.3 Å². The van der Waals surface area contributed by atoms with Crippen LogP contribution in [0.1, 0.15) is 12.6 Å². The van der Waals surface area contributed by atoms with Gasteiger partial charge in [-0.25, -0.2) is 24.3 Å². The first-order chi connectivity index (χ1) is 17.9. The second-order valence-corrected chi connectivity index (χ2v) is 9.80. The van der Waals surface area contributed by atoms with E-state index in [0.717, 1.165) is 34.3 Å². The van der Waals surface area contributed by atoms with Gasteiger partial charge in [-0.2, -0.15) is 10.1 Å². The van der Waals surface area contributed by atoms with Crippen molar-refractivity contribution >= 4 is 35.3 Å². The summed E-state index contributed by atoms with van der Waals surface area (Å²) in [6.45, 7) is 6.94. The molecule has 2 N–H and O–H groups in total. The molecule has 0 saturated carbocycles. The molecular formula is C24H27FN10OS. The van der Waals surface area contributed by atoms with E-state index in [4.69, 9.17) is 0 Å². The van der Waals surface area contributed by atoms with Crippen LogP contribution >= 0.6 is 11.8 Å². The number of rotatable bonds is 8. The maximum Gasteiger partial charge on any atom is 0.232 e. The zero-order chi connectivity index (χ0) is 25.8. The molecule has 1 atom stereocenters. The molecule has 3 aromatic heterocycles. The molecule has 1 aromatic carbocycles. The predicted molar refractivity (Wildman–Crippen MR) is 139 cm³/mol. The summed E-state index contributed by atoms with van der Waals surface area (Å²) in [7, 11) is 0. The molecule has 1 fully saturated rings. The van der Waals surface area contributed by atoms with Crippen molar-refractivity contribution in [1.29, 1.82) is 0 Å². The third kappa shape index (κ3) is 6.12. The fourth-order valence-electron chi connectivity index (χ4n) is 3.89. The van der Waals surface area contributed by atoms with Gasteiger partial charge in [0.2, 0.25) is 17.8 Å². The fourth-order valence-corrected chi connectivity index (χ4v) is 4.65. The first-order valence-electron chi connectivity index (χ1n) is 11.9. The lowest BCUT2D eigenvalue weighted by Gasteiger charge is -2.34. The molecule has 0 bridgehead atoms. The second-order valence-electron chi connectivity index (χ2n) is 8.66. The van der Waals surface area contributed by atoms with Crippen LogP contribution < -0.4 is 15.1 Å². The van der Waals surface area contributed by atoms with E-state index in [0.29, 0.717) is 37.5 Å². The quantitative estimate of drug-likeness (QED) is 0.355. The predicted octanol–water partition coefficient (Wildman–Crippen LogP) is 2.91. The Kier molecular flexibility index (Phi) is 7.42. The minimum absolute atomic E-state index is 0.254. The molecule has 0 spiro atoms. The second kappa shape index (κ2) is 11.0. The van der Waals surface area contributed by atoms with E-state index >= 15 is 0 Å². The minimum atomic E-state index is -0.488. The van der Waals surface area contributed by atoms with Gasteiger partial charge in [0.1, 0.15) is 12.1 Å². The molecule has 1 aliphatic rings. The summed E-state index contributed by atoms with van der Waals surface area (Å²) in [6, 6.07) is 6.36. The Morgan fingerprint density at radius 2 is 1.62 bits per heavy atom. The minimum Gasteiger partial charge on any atom is -0.391 e. The van der Waals surface area contributed by atoms with Crippen molar-refractivity contribution in [3.05, 3.63) is 60.7 Å². The van der Waals surface area contributed by atoms with Gasteiger partial charge in [-0.3, -0.25) is 4.68 Å². The molecule has 11 nitrogen and oxygen atoms in total. The number of benzene rings is 1. The van der Waals surface area contributed by atoms with Crippen molar-refractivity contribution in [1.82, 2.24) is 34.7 Å². The van der Waals surface area contributed by atoms with Crippen molar-refractivity contribution in [3.63, 3.8) is 0 Å². The van der Waals surface area contributed by atoms with Gasteiger partial charge in [0.05, 0.1) is 30.2 Å². The molecule has 1 saturated heterocycles. The van der Waals surface area contributed by atoms with E-state index < -0.39 is 6.10 Å². The zero-order valence-corrected chi connectivity index (χ0v) is 21.3. The zero-order valence-electron chi connectivity index (χ0n) is 20.5. The van der Waals surface area contributed by atoms with Crippen LogP contribution in [-0.2, 0) is 6.54 Å². The molecule has 0 radical (unpaired) electrons. The average molecular weight is 523 g/mol. The summed E-state index contributed by atoms with van der Waals surface area (Å²) in [5.41, 5.74) is 1.67. The van der Waals surface area contributed by atoms with Crippen LogP contribution in [0.4, 0.5) is 27.9 Å². The number of piperazine rings is 1. The largest absolute Gasteiger partial charge is 0.391 e. The first-order valence-corrected chi connectivity index (χ1v) is 12.7. The number of halogens is 1. The maximum absolute atomic E-state index is 13.1. The lowest BCUT2D eigenvalue weighted by Crippen LogP contribution is -2.47. The van der Waals surface area contributed by atoms with E-state index in [9.17, 15) is 9.50 Å². The molecule has 192 valence electrons. The van der Waals surface area contributed by atoms with Crippen molar-refractivity contribution in [2.24, 2.45) is 0 Å². The summed E-state index contributed by atoms with van der Waals surface area (Å²) < 4.78 is 14.9. The normalized spacial score (nSPS) is 14.6. The van der Waals surface area contributed by atoms with Crippen LogP contribution in [0.15, 0.2) is 59.0 Å². The molecule has 0 aliphatic carbocycles. The topological polar surface area (TPSA) is 121 Å². The maximum atomic E-state index is 13.1. The van der Waals surface area contributed by atoms with Crippen LogP contribution in [-0.4, -0.2) is 72.1 Å². The molecule has 4 heterocycles. The Morgan fingerprint density at radius 3 is 2.30 bits per heavy atom. The van der Waals surface area contributed by atoms with E-state index in [2.05, 4.69) is 45.1 Å². The Bertz CT molecular complexity index is 1320. The highest BCUT2D eigenvalue weighted by Gasteiger charge is 2.21. The molecule has 0 amide bonds. The third-order valence-corrected chi connectivity index (χ3v) is 6.81. The first kappa shape index (κ1) is 24.8. The van der Waals surface area contributed by atoms with Crippen LogP contribution in [0.2, 0.25) is 0 Å². The Balaban J connectivity index is 1.17. The summed E-state index contributed by atoms with van der Waals surface area (Å²) in [4.78, 5) is 28.3. The lowest BCUT2D eigenvalue weighted by molar-refractivity contribution is 0.167. The van der Waals surface area contributed by atoms with Gasteiger partial charge in [-0.05, 0) is 38.1 Å². The van der Waals surface area contributed by atoms with E-state index in [1.54, 1.807) is 42.3 Å². The van der Waals surface area contributed by atoms with Gasteiger partial charge in [0.15, 0.2) is 0 Å². The highest BCUT2D eigenvalue weighted by molar-refractivity contribution is 7.99. The molecule has 13 heteroatoms. The third-order valence-electron chi connectivity index (χ3n) is 5.86. The van der Waals surface area contributed by atoms with Crippen LogP contribution in [0.25, 0.3) is 0 Å². The Hall–Kier alpha value is -3.84. The Labute approximate surface area is 217 Å². The van der Waals surface area contributed by atoms with E-state index in [-0.39, 0.29) is 5.82 Å². The summed E-state index contributed by atoms with van der Waals surface area (Å²) >= 11 is 1.49. The number of hydrogen-bond donors (Lipinski definition) is 2. The van der Waals surface area contributed by atoms with E-state index in [1.165, 1.54) is 30.2 Å². The SMILES string of the molecule is Cc1c(Nc2ncnc(N3CCN(c4ncc(Sc5ccc(F)cc5)cn4)CC3)n2)cnn1C[C@H](C)O.